The van der Waals surface area contributed by atoms with Crippen LogP contribution in [0.25, 0.3) is 6.08 Å². The molecule has 0 bridgehead atoms. The average molecular weight is 423 g/mol. The van der Waals surface area contributed by atoms with Gasteiger partial charge in [-0.2, -0.15) is 0 Å². The van der Waals surface area contributed by atoms with Crippen LogP contribution in [0.15, 0.2) is 60.0 Å². The van der Waals surface area contributed by atoms with Crippen molar-refractivity contribution < 1.29 is 19.1 Å². The van der Waals surface area contributed by atoms with E-state index in [-0.39, 0.29) is 11.4 Å². The second-order valence-corrected chi connectivity index (χ2v) is 7.82. The molecule has 1 heterocycles. The number of nitrogens with zero attached hydrogens (tertiary/aromatic N) is 1. The molecule has 1 aliphatic rings. The van der Waals surface area contributed by atoms with Gasteiger partial charge in [-0.25, -0.2) is 0 Å². The predicted octanol–water partition coefficient (Wildman–Crippen LogP) is 4.54. The number of imide groups is 1. The minimum Gasteiger partial charge on any atom is -0.489 e. The maximum Gasteiger partial charge on any atom is 0.294 e. The highest BCUT2D eigenvalue weighted by Crippen LogP contribution is 2.34. The fraction of sp³-hybridized carbons (Fsp3) is 0.174. The van der Waals surface area contributed by atoms with Gasteiger partial charge in [-0.15, -0.1) is 0 Å². The van der Waals surface area contributed by atoms with Gasteiger partial charge >= 0.3 is 0 Å². The first-order valence-corrected chi connectivity index (χ1v) is 10.2. The number of thioether (sulfide) groups is 1. The van der Waals surface area contributed by atoms with Gasteiger partial charge in [0.05, 0.1) is 4.91 Å². The van der Waals surface area contributed by atoms with Crippen molar-refractivity contribution in [3.05, 3.63) is 76.7 Å². The molecule has 3 amide bonds. The SMILES string of the molecule is C=CCOc1ccccc1/C=C1\SC(=O)N(CC(=O)Nc2cc(C)cc(C)c2)C1=O. The number of aryl methyl sites for hydroxylation is 2. The minimum atomic E-state index is -0.501. The molecule has 30 heavy (non-hydrogen) atoms. The largest absolute Gasteiger partial charge is 0.489 e. The molecule has 0 spiro atoms. The summed E-state index contributed by atoms with van der Waals surface area (Å²) in [5, 5.41) is 2.26. The van der Waals surface area contributed by atoms with Crippen molar-refractivity contribution in [2.45, 2.75) is 13.8 Å². The van der Waals surface area contributed by atoms with Crippen molar-refractivity contribution in [1.82, 2.24) is 4.90 Å². The molecule has 0 saturated carbocycles. The second kappa shape index (κ2) is 9.45. The Balaban J connectivity index is 1.72. The Labute approximate surface area is 179 Å². The summed E-state index contributed by atoms with van der Waals surface area (Å²) in [5.41, 5.74) is 3.33. The molecule has 3 rings (SSSR count). The molecule has 0 aromatic heterocycles. The number of carbonyl (C=O) groups excluding carboxylic acids is 3. The fourth-order valence-electron chi connectivity index (χ4n) is 3.05. The van der Waals surface area contributed by atoms with E-state index in [2.05, 4.69) is 11.9 Å². The average Bonchev–Trinajstić information content (AvgIpc) is 2.94. The quantitative estimate of drug-likeness (QED) is 0.524. The Morgan fingerprint density at radius 2 is 1.87 bits per heavy atom. The molecule has 0 aliphatic carbocycles. The van der Waals surface area contributed by atoms with Crippen LogP contribution in [0, 0.1) is 13.8 Å². The van der Waals surface area contributed by atoms with Gasteiger partial charge in [0.1, 0.15) is 18.9 Å². The standard InChI is InChI=1S/C23H22N2O4S/c1-4-9-29-19-8-6-5-7-17(19)13-20-22(27)25(23(28)30-20)14-21(26)24-18-11-15(2)10-16(3)12-18/h4-8,10-13H,1,9,14H2,2-3H3,(H,24,26)/b20-13-. The molecule has 1 fully saturated rings. The van der Waals surface area contributed by atoms with E-state index in [0.29, 0.717) is 23.6 Å². The van der Waals surface area contributed by atoms with Crippen LogP contribution in [0.1, 0.15) is 16.7 Å². The number of carbonyl (C=O) groups is 3. The van der Waals surface area contributed by atoms with Crippen molar-refractivity contribution >= 4 is 40.6 Å². The van der Waals surface area contributed by atoms with Gasteiger partial charge in [0.15, 0.2) is 0 Å². The number of nitrogens with one attached hydrogen (secondary N) is 1. The number of hydrogen-bond donors (Lipinski definition) is 1. The zero-order chi connectivity index (χ0) is 21.7. The van der Waals surface area contributed by atoms with Crippen LogP contribution >= 0.6 is 11.8 Å². The van der Waals surface area contributed by atoms with E-state index >= 15 is 0 Å². The summed E-state index contributed by atoms with van der Waals surface area (Å²) < 4.78 is 5.59. The minimum absolute atomic E-state index is 0.244. The van der Waals surface area contributed by atoms with Crippen molar-refractivity contribution in [3.63, 3.8) is 0 Å². The Bertz CT molecular complexity index is 1020. The van der Waals surface area contributed by atoms with E-state index in [1.807, 2.05) is 44.2 Å². The van der Waals surface area contributed by atoms with Gasteiger partial charge in [-0.3, -0.25) is 19.3 Å². The van der Waals surface area contributed by atoms with Gasteiger partial charge in [0.25, 0.3) is 11.1 Å². The molecule has 154 valence electrons. The highest BCUT2D eigenvalue weighted by Gasteiger charge is 2.36. The highest BCUT2D eigenvalue weighted by atomic mass is 32.2. The van der Waals surface area contributed by atoms with Crippen LogP contribution < -0.4 is 10.1 Å². The second-order valence-electron chi connectivity index (χ2n) is 6.83. The maximum atomic E-state index is 12.7. The summed E-state index contributed by atoms with van der Waals surface area (Å²) in [6.45, 7) is 7.46. The summed E-state index contributed by atoms with van der Waals surface area (Å²) in [7, 11) is 0. The van der Waals surface area contributed by atoms with E-state index in [1.54, 1.807) is 24.3 Å². The zero-order valence-electron chi connectivity index (χ0n) is 16.8. The summed E-state index contributed by atoms with van der Waals surface area (Å²) in [4.78, 5) is 38.7. The summed E-state index contributed by atoms with van der Waals surface area (Å²) in [6.07, 6.45) is 3.23. The Morgan fingerprint density at radius 1 is 1.17 bits per heavy atom. The molecular weight excluding hydrogens is 400 g/mol. The Hall–Kier alpha value is -3.32. The lowest BCUT2D eigenvalue weighted by molar-refractivity contribution is -0.127. The topological polar surface area (TPSA) is 75.7 Å². The number of para-hydroxylation sites is 1. The first-order valence-electron chi connectivity index (χ1n) is 9.33. The van der Waals surface area contributed by atoms with Crippen LogP contribution in [-0.2, 0) is 9.59 Å². The third kappa shape index (κ3) is 5.18. The number of benzene rings is 2. The molecule has 6 nitrogen and oxygen atoms in total. The molecule has 2 aromatic rings. The molecule has 0 atom stereocenters. The van der Waals surface area contributed by atoms with E-state index in [9.17, 15) is 14.4 Å². The Morgan fingerprint density at radius 3 is 2.57 bits per heavy atom. The summed E-state index contributed by atoms with van der Waals surface area (Å²) in [6, 6.07) is 12.9. The summed E-state index contributed by atoms with van der Waals surface area (Å²) in [5.74, 6) is -0.353. The predicted molar refractivity (Wildman–Crippen MR) is 119 cm³/mol. The zero-order valence-corrected chi connectivity index (χ0v) is 17.6. The highest BCUT2D eigenvalue weighted by molar-refractivity contribution is 8.18. The number of hydrogen-bond acceptors (Lipinski definition) is 5. The van der Waals surface area contributed by atoms with Crippen LogP contribution in [0.2, 0.25) is 0 Å². The van der Waals surface area contributed by atoms with Crippen molar-refractivity contribution in [2.75, 3.05) is 18.5 Å². The lowest BCUT2D eigenvalue weighted by Crippen LogP contribution is -2.36. The van der Waals surface area contributed by atoms with Crippen molar-refractivity contribution in [1.29, 1.82) is 0 Å². The van der Waals surface area contributed by atoms with E-state index in [4.69, 9.17) is 4.74 Å². The number of amides is 3. The molecule has 0 radical (unpaired) electrons. The molecular formula is C23H22N2O4S. The fourth-order valence-corrected chi connectivity index (χ4v) is 3.88. The van der Waals surface area contributed by atoms with Crippen LogP contribution in [-0.4, -0.2) is 35.1 Å². The van der Waals surface area contributed by atoms with E-state index in [0.717, 1.165) is 27.8 Å². The number of rotatable bonds is 7. The van der Waals surface area contributed by atoms with Gasteiger partial charge in [-0.05, 0) is 61.0 Å². The van der Waals surface area contributed by atoms with Gasteiger partial charge in [0.2, 0.25) is 5.91 Å². The van der Waals surface area contributed by atoms with Crippen LogP contribution in [0.5, 0.6) is 5.75 Å². The van der Waals surface area contributed by atoms with Gasteiger partial charge < -0.3 is 10.1 Å². The van der Waals surface area contributed by atoms with Crippen LogP contribution in [0.4, 0.5) is 10.5 Å². The third-order valence-corrected chi connectivity index (χ3v) is 5.15. The Kier molecular flexibility index (Phi) is 6.74. The van der Waals surface area contributed by atoms with Gasteiger partial charge in [-0.1, -0.05) is 36.9 Å². The van der Waals surface area contributed by atoms with E-state index < -0.39 is 17.1 Å². The molecule has 1 saturated heterocycles. The molecule has 1 aliphatic heterocycles. The molecule has 0 unspecified atom stereocenters. The van der Waals surface area contributed by atoms with Crippen molar-refractivity contribution in [2.24, 2.45) is 0 Å². The van der Waals surface area contributed by atoms with Crippen molar-refractivity contribution in [3.8, 4) is 5.75 Å². The third-order valence-electron chi connectivity index (χ3n) is 4.24. The molecule has 1 N–H and O–H groups in total. The first kappa shape index (κ1) is 21.4. The normalized spacial score (nSPS) is 14.9. The molecule has 7 heteroatoms. The maximum absolute atomic E-state index is 12.7. The van der Waals surface area contributed by atoms with Gasteiger partial charge in [0, 0.05) is 11.3 Å². The monoisotopic (exact) mass is 422 g/mol. The number of anilines is 1. The number of ether oxygens (including phenoxy) is 1. The summed E-state index contributed by atoms with van der Waals surface area (Å²) >= 11 is 0.805. The lowest BCUT2D eigenvalue weighted by atomic mass is 10.1. The van der Waals surface area contributed by atoms with Crippen LogP contribution in [0.3, 0.4) is 0 Å². The smallest absolute Gasteiger partial charge is 0.294 e. The first-order chi connectivity index (χ1) is 14.4. The molecule has 2 aromatic carbocycles. The lowest BCUT2D eigenvalue weighted by Gasteiger charge is -2.13. The van der Waals surface area contributed by atoms with E-state index in [1.165, 1.54) is 0 Å².